The summed E-state index contributed by atoms with van der Waals surface area (Å²) in [6, 6.07) is 16.9. The van der Waals surface area contributed by atoms with Crippen LogP contribution < -0.4 is 10.6 Å². The number of benzene rings is 2. The van der Waals surface area contributed by atoms with E-state index in [0.29, 0.717) is 26.2 Å². The van der Waals surface area contributed by atoms with Crippen LogP contribution in [0, 0.1) is 0 Å². The fourth-order valence-corrected chi connectivity index (χ4v) is 3.61. The fourth-order valence-electron chi connectivity index (χ4n) is 3.61. The van der Waals surface area contributed by atoms with Gasteiger partial charge in [-0.2, -0.15) is 0 Å². The van der Waals surface area contributed by atoms with E-state index >= 15 is 0 Å². The van der Waals surface area contributed by atoms with E-state index in [0.717, 1.165) is 22.4 Å². The molecule has 2 aromatic carbocycles. The smallest absolute Gasteiger partial charge is 0.405 e. The van der Waals surface area contributed by atoms with Crippen molar-refractivity contribution in [3.05, 3.63) is 66.4 Å². The summed E-state index contributed by atoms with van der Waals surface area (Å²) < 4.78 is 5.19. The number of piperazine rings is 1. The predicted octanol–water partition coefficient (Wildman–Crippen LogP) is 2.51. The van der Waals surface area contributed by atoms with Gasteiger partial charge in [0, 0.05) is 26.2 Å². The van der Waals surface area contributed by atoms with Crippen molar-refractivity contribution in [3.63, 3.8) is 0 Å². The first-order valence-electron chi connectivity index (χ1n) is 9.86. The molecule has 154 valence electrons. The highest BCUT2D eigenvalue weighted by Gasteiger charge is 2.26. The molecule has 3 aromatic rings. The zero-order chi connectivity index (χ0) is 20.9. The average molecular weight is 405 g/mol. The first-order chi connectivity index (χ1) is 14.6. The van der Waals surface area contributed by atoms with Crippen molar-refractivity contribution >= 4 is 28.9 Å². The second-order valence-corrected chi connectivity index (χ2v) is 7.13. The number of hydrogen-bond acceptors (Lipinski definition) is 6. The number of amides is 2. The number of primary amides is 1. The Labute approximate surface area is 174 Å². The summed E-state index contributed by atoms with van der Waals surface area (Å²) in [5.74, 6) is 0.731. The minimum Gasteiger partial charge on any atom is -0.441 e. The van der Waals surface area contributed by atoms with E-state index in [1.165, 1.54) is 0 Å². The van der Waals surface area contributed by atoms with Crippen LogP contribution in [-0.4, -0.2) is 53.0 Å². The molecule has 1 fully saturated rings. The maximum atomic E-state index is 12.8. The van der Waals surface area contributed by atoms with Crippen LogP contribution in [0.4, 0.5) is 10.6 Å². The summed E-state index contributed by atoms with van der Waals surface area (Å²) >= 11 is 0. The van der Waals surface area contributed by atoms with Crippen LogP contribution in [0.3, 0.4) is 0 Å². The van der Waals surface area contributed by atoms with E-state index in [1.807, 2.05) is 54.6 Å². The van der Waals surface area contributed by atoms with Gasteiger partial charge >= 0.3 is 6.09 Å². The van der Waals surface area contributed by atoms with E-state index in [9.17, 15) is 9.59 Å². The number of aromatic nitrogens is 2. The molecular formula is C22H23N5O3. The number of carbonyl (C=O) groups excluding carboxylic acids is 2. The van der Waals surface area contributed by atoms with Crippen molar-refractivity contribution in [2.45, 2.75) is 12.5 Å². The normalized spacial score (nSPS) is 15.1. The highest BCUT2D eigenvalue weighted by molar-refractivity contribution is 5.78. The molecule has 0 bridgehead atoms. The van der Waals surface area contributed by atoms with Gasteiger partial charge in [0.2, 0.25) is 5.91 Å². The summed E-state index contributed by atoms with van der Waals surface area (Å²) in [6.07, 6.45) is 0.242. The number of fused-ring (bicyclic) bond motifs is 1. The third-order valence-corrected chi connectivity index (χ3v) is 5.18. The van der Waals surface area contributed by atoms with E-state index in [-0.39, 0.29) is 12.3 Å². The Bertz CT molecular complexity index is 1040. The van der Waals surface area contributed by atoms with Crippen LogP contribution in [0.1, 0.15) is 18.1 Å². The zero-order valence-electron chi connectivity index (χ0n) is 16.5. The number of nitrogens with two attached hydrogens (primary N) is 1. The number of anilines is 1. The van der Waals surface area contributed by atoms with Crippen LogP contribution in [0.5, 0.6) is 0 Å². The molecule has 1 aromatic heterocycles. The van der Waals surface area contributed by atoms with Gasteiger partial charge in [-0.25, -0.2) is 9.78 Å². The van der Waals surface area contributed by atoms with Gasteiger partial charge in [-0.3, -0.25) is 9.78 Å². The molecule has 1 aliphatic rings. The van der Waals surface area contributed by atoms with Crippen molar-refractivity contribution in [2.75, 3.05) is 31.1 Å². The number of para-hydroxylation sites is 2. The van der Waals surface area contributed by atoms with Gasteiger partial charge in [0.05, 0.1) is 23.7 Å². The molecule has 2 heterocycles. The maximum absolute atomic E-state index is 12.8. The average Bonchev–Trinajstić information content (AvgIpc) is 2.78. The van der Waals surface area contributed by atoms with Gasteiger partial charge in [0.25, 0.3) is 0 Å². The Morgan fingerprint density at radius 2 is 1.63 bits per heavy atom. The van der Waals surface area contributed by atoms with Crippen LogP contribution in [0.25, 0.3) is 11.0 Å². The predicted molar refractivity (Wildman–Crippen MR) is 113 cm³/mol. The van der Waals surface area contributed by atoms with Crippen LogP contribution in [0.15, 0.2) is 60.8 Å². The molecule has 0 radical (unpaired) electrons. The molecule has 1 atom stereocenters. The molecule has 1 unspecified atom stereocenters. The van der Waals surface area contributed by atoms with Gasteiger partial charge in [-0.1, -0.05) is 42.5 Å². The van der Waals surface area contributed by atoms with Crippen LogP contribution in [0.2, 0.25) is 0 Å². The molecule has 2 N–H and O–H groups in total. The van der Waals surface area contributed by atoms with Crippen LogP contribution >= 0.6 is 0 Å². The van der Waals surface area contributed by atoms with Crippen LogP contribution in [-0.2, 0) is 9.53 Å². The standard InChI is InChI=1S/C22H23N5O3/c23-22(29)30-19(16-6-2-1-3-7-16)14-21(28)27-12-10-26(11-13-27)20-15-24-17-8-4-5-9-18(17)25-20/h1-9,15,19H,10-14H2,(H2,23,29). The summed E-state index contributed by atoms with van der Waals surface area (Å²) in [6.45, 7) is 2.44. The summed E-state index contributed by atoms with van der Waals surface area (Å²) in [5, 5.41) is 0. The molecule has 0 saturated carbocycles. The van der Waals surface area contributed by atoms with Crippen molar-refractivity contribution in [3.8, 4) is 0 Å². The van der Waals surface area contributed by atoms with E-state index < -0.39 is 12.2 Å². The summed E-state index contributed by atoms with van der Waals surface area (Å²) in [4.78, 5) is 37.2. The Morgan fingerprint density at radius 3 is 2.33 bits per heavy atom. The molecular weight excluding hydrogens is 382 g/mol. The first-order valence-corrected chi connectivity index (χ1v) is 9.86. The third-order valence-electron chi connectivity index (χ3n) is 5.18. The van der Waals surface area contributed by atoms with Crippen molar-refractivity contribution in [1.82, 2.24) is 14.9 Å². The lowest BCUT2D eigenvalue weighted by molar-refractivity contribution is -0.133. The number of carbonyl (C=O) groups is 2. The van der Waals surface area contributed by atoms with E-state index in [2.05, 4.69) is 14.9 Å². The second kappa shape index (κ2) is 8.77. The third kappa shape index (κ3) is 4.48. The van der Waals surface area contributed by atoms with Gasteiger partial charge in [0.15, 0.2) is 0 Å². The minimum absolute atomic E-state index is 0.0583. The molecule has 0 spiro atoms. The van der Waals surface area contributed by atoms with Gasteiger partial charge in [-0.15, -0.1) is 0 Å². The lowest BCUT2D eigenvalue weighted by Gasteiger charge is -2.35. The highest BCUT2D eigenvalue weighted by Crippen LogP contribution is 2.23. The summed E-state index contributed by atoms with van der Waals surface area (Å²) in [7, 11) is 0. The summed E-state index contributed by atoms with van der Waals surface area (Å²) in [5.41, 5.74) is 7.65. The van der Waals surface area contributed by atoms with Crippen molar-refractivity contribution < 1.29 is 14.3 Å². The largest absolute Gasteiger partial charge is 0.441 e. The SMILES string of the molecule is NC(=O)OC(CC(=O)N1CCN(c2cnc3ccccc3n2)CC1)c1ccccc1. The molecule has 0 aliphatic carbocycles. The van der Waals surface area contributed by atoms with Gasteiger partial charge in [0.1, 0.15) is 11.9 Å². The topological polar surface area (TPSA) is 102 Å². The fraction of sp³-hybridized carbons (Fsp3) is 0.273. The molecule has 2 amide bonds. The number of hydrogen-bond donors (Lipinski definition) is 1. The monoisotopic (exact) mass is 405 g/mol. The van der Waals surface area contributed by atoms with E-state index in [1.54, 1.807) is 11.1 Å². The Balaban J connectivity index is 1.38. The quantitative estimate of drug-likeness (QED) is 0.700. The second-order valence-electron chi connectivity index (χ2n) is 7.13. The minimum atomic E-state index is -0.892. The number of ether oxygens (including phenoxy) is 1. The Hall–Kier alpha value is -3.68. The highest BCUT2D eigenvalue weighted by atomic mass is 16.6. The van der Waals surface area contributed by atoms with Crippen molar-refractivity contribution in [1.29, 1.82) is 0 Å². The lowest BCUT2D eigenvalue weighted by atomic mass is 10.1. The molecule has 8 nitrogen and oxygen atoms in total. The van der Waals surface area contributed by atoms with E-state index in [4.69, 9.17) is 10.5 Å². The molecule has 4 rings (SSSR count). The Morgan fingerprint density at radius 1 is 0.967 bits per heavy atom. The molecule has 30 heavy (non-hydrogen) atoms. The number of rotatable bonds is 5. The Kier molecular flexibility index (Phi) is 5.74. The first kappa shape index (κ1) is 19.6. The lowest BCUT2D eigenvalue weighted by Crippen LogP contribution is -2.49. The molecule has 1 saturated heterocycles. The number of nitrogens with zero attached hydrogens (tertiary/aromatic N) is 4. The maximum Gasteiger partial charge on any atom is 0.405 e. The molecule has 1 aliphatic heterocycles. The van der Waals surface area contributed by atoms with Gasteiger partial charge < -0.3 is 20.3 Å². The van der Waals surface area contributed by atoms with Crippen molar-refractivity contribution in [2.24, 2.45) is 5.73 Å². The van der Waals surface area contributed by atoms with Gasteiger partial charge in [-0.05, 0) is 17.7 Å². The molecule has 8 heteroatoms. The zero-order valence-corrected chi connectivity index (χ0v) is 16.5.